The molecular formula is C15H13ClFN3O2S. The minimum Gasteiger partial charge on any atom is -0.323 e. The molecule has 2 amide bonds. The van der Waals surface area contributed by atoms with Gasteiger partial charge in [-0.2, -0.15) is 0 Å². The second kappa shape index (κ2) is 8.50. The largest absolute Gasteiger partial charge is 0.323 e. The number of anilines is 2. The van der Waals surface area contributed by atoms with Gasteiger partial charge in [0.2, 0.25) is 11.8 Å². The molecule has 0 spiro atoms. The molecule has 0 radical (unpaired) electrons. The first-order valence-electron chi connectivity index (χ1n) is 6.58. The standard InChI is InChI=1S/C15H13ClFN3O2S/c16-10-5-6-13(18-7-10)20-15(22)9-23-8-14(21)19-12-4-2-1-3-11(12)17/h1-7H,8-9H2,(H,19,21)(H,18,20,22). The summed E-state index contributed by atoms with van der Waals surface area (Å²) in [5, 5.41) is 5.50. The van der Waals surface area contributed by atoms with Gasteiger partial charge >= 0.3 is 0 Å². The van der Waals surface area contributed by atoms with Crippen molar-refractivity contribution in [2.75, 3.05) is 22.1 Å². The first-order valence-corrected chi connectivity index (χ1v) is 8.11. The van der Waals surface area contributed by atoms with Crippen molar-refractivity contribution >= 4 is 46.7 Å². The van der Waals surface area contributed by atoms with Gasteiger partial charge in [0.25, 0.3) is 0 Å². The number of para-hydroxylation sites is 1. The number of hydrogen-bond donors (Lipinski definition) is 2. The van der Waals surface area contributed by atoms with Crippen LogP contribution in [0.3, 0.4) is 0 Å². The van der Waals surface area contributed by atoms with Crippen LogP contribution in [-0.2, 0) is 9.59 Å². The fraction of sp³-hybridized carbons (Fsp3) is 0.133. The number of hydrogen-bond acceptors (Lipinski definition) is 4. The van der Waals surface area contributed by atoms with Gasteiger partial charge in [-0.25, -0.2) is 9.37 Å². The molecule has 0 fully saturated rings. The van der Waals surface area contributed by atoms with E-state index in [1.54, 1.807) is 18.2 Å². The molecule has 0 aliphatic carbocycles. The summed E-state index contributed by atoms with van der Waals surface area (Å²) < 4.78 is 13.4. The van der Waals surface area contributed by atoms with E-state index < -0.39 is 5.82 Å². The molecule has 8 heteroatoms. The number of halogens is 2. The second-order valence-electron chi connectivity index (χ2n) is 4.43. The first kappa shape index (κ1) is 17.2. The Balaban J connectivity index is 1.72. The number of nitrogens with one attached hydrogen (secondary N) is 2. The third-order valence-corrected chi connectivity index (χ3v) is 3.77. The van der Waals surface area contributed by atoms with Gasteiger partial charge in [0.1, 0.15) is 11.6 Å². The lowest BCUT2D eigenvalue weighted by atomic mass is 10.3. The zero-order chi connectivity index (χ0) is 16.7. The van der Waals surface area contributed by atoms with E-state index in [-0.39, 0.29) is 29.0 Å². The molecule has 2 rings (SSSR count). The minimum atomic E-state index is -0.502. The summed E-state index contributed by atoms with van der Waals surface area (Å²) in [6.07, 6.45) is 1.42. The van der Waals surface area contributed by atoms with Crippen LogP contribution in [0.4, 0.5) is 15.9 Å². The van der Waals surface area contributed by atoms with E-state index in [2.05, 4.69) is 15.6 Å². The quantitative estimate of drug-likeness (QED) is 0.836. The summed E-state index contributed by atoms with van der Waals surface area (Å²) in [5.41, 5.74) is 0.118. The number of rotatable bonds is 6. The number of aromatic nitrogens is 1. The molecule has 120 valence electrons. The first-order chi connectivity index (χ1) is 11.0. The molecule has 2 aromatic rings. The summed E-state index contributed by atoms with van der Waals surface area (Å²) in [6.45, 7) is 0. The smallest absolute Gasteiger partial charge is 0.235 e. The predicted molar refractivity (Wildman–Crippen MR) is 90.2 cm³/mol. The van der Waals surface area contributed by atoms with E-state index >= 15 is 0 Å². The lowest BCUT2D eigenvalue weighted by Crippen LogP contribution is -2.19. The summed E-state index contributed by atoms with van der Waals surface area (Å²) >= 11 is 6.81. The third kappa shape index (κ3) is 5.88. The number of nitrogens with zero attached hydrogens (tertiary/aromatic N) is 1. The maximum absolute atomic E-state index is 13.4. The Labute approximate surface area is 141 Å². The van der Waals surface area contributed by atoms with Crippen LogP contribution in [0.1, 0.15) is 0 Å². The molecule has 0 unspecified atom stereocenters. The Bertz CT molecular complexity index is 697. The number of thioether (sulfide) groups is 1. The number of carbonyl (C=O) groups excluding carboxylic acids is 2. The van der Waals surface area contributed by atoms with Crippen molar-refractivity contribution in [2.24, 2.45) is 0 Å². The van der Waals surface area contributed by atoms with E-state index in [9.17, 15) is 14.0 Å². The van der Waals surface area contributed by atoms with E-state index in [4.69, 9.17) is 11.6 Å². The number of amides is 2. The Morgan fingerprint density at radius 2 is 1.78 bits per heavy atom. The normalized spacial score (nSPS) is 10.2. The maximum atomic E-state index is 13.4. The molecule has 0 aliphatic heterocycles. The van der Waals surface area contributed by atoms with E-state index in [0.29, 0.717) is 10.8 Å². The molecule has 1 heterocycles. The van der Waals surface area contributed by atoms with Crippen LogP contribution in [0, 0.1) is 5.82 Å². The minimum absolute atomic E-state index is 0.0375. The van der Waals surface area contributed by atoms with E-state index in [1.807, 2.05) is 0 Å². The summed E-state index contributed by atoms with van der Waals surface area (Å²) in [5.74, 6) is -0.667. The Kier molecular flexibility index (Phi) is 6.37. The summed E-state index contributed by atoms with van der Waals surface area (Å²) in [7, 11) is 0. The average molecular weight is 354 g/mol. The van der Waals surface area contributed by atoms with Gasteiger partial charge in [0.05, 0.1) is 22.2 Å². The van der Waals surface area contributed by atoms with Crippen molar-refractivity contribution in [3.63, 3.8) is 0 Å². The molecule has 1 aromatic heterocycles. The predicted octanol–water partition coefficient (Wildman–Crippen LogP) is 3.18. The molecule has 23 heavy (non-hydrogen) atoms. The Morgan fingerprint density at radius 1 is 1.09 bits per heavy atom. The fourth-order valence-electron chi connectivity index (χ4n) is 1.61. The molecule has 0 atom stereocenters. The van der Waals surface area contributed by atoms with E-state index in [1.165, 1.54) is 24.4 Å². The molecule has 1 aromatic carbocycles. The summed E-state index contributed by atoms with van der Waals surface area (Å²) in [4.78, 5) is 27.3. The Morgan fingerprint density at radius 3 is 2.43 bits per heavy atom. The van der Waals surface area contributed by atoms with Crippen LogP contribution < -0.4 is 10.6 Å². The maximum Gasteiger partial charge on any atom is 0.235 e. The second-order valence-corrected chi connectivity index (χ2v) is 5.85. The lowest BCUT2D eigenvalue weighted by Gasteiger charge is -2.06. The van der Waals surface area contributed by atoms with Gasteiger partial charge in [-0.1, -0.05) is 23.7 Å². The van der Waals surface area contributed by atoms with Crippen molar-refractivity contribution in [1.29, 1.82) is 0 Å². The highest BCUT2D eigenvalue weighted by Gasteiger charge is 2.09. The van der Waals surface area contributed by atoms with Crippen molar-refractivity contribution in [2.45, 2.75) is 0 Å². The molecule has 5 nitrogen and oxygen atoms in total. The fourth-order valence-corrected chi connectivity index (χ4v) is 2.34. The monoisotopic (exact) mass is 353 g/mol. The molecule has 0 saturated heterocycles. The topological polar surface area (TPSA) is 71.1 Å². The highest BCUT2D eigenvalue weighted by molar-refractivity contribution is 8.00. The molecule has 0 bridgehead atoms. The molecule has 0 saturated carbocycles. The summed E-state index contributed by atoms with van der Waals surface area (Å²) in [6, 6.07) is 9.08. The van der Waals surface area contributed by atoms with Crippen LogP contribution in [0.25, 0.3) is 0 Å². The van der Waals surface area contributed by atoms with Gasteiger partial charge < -0.3 is 10.6 Å². The highest BCUT2D eigenvalue weighted by Crippen LogP contribution is 2.13. The van der Waals surface area contributed by atoms with Crippen LogP contribution >= 0.6 is 23.4 Å². The molecular weight excluding hydrogens is 341 g/mol. The van der Waals surface area contributed by atoms with Crippen molar-refractivity contribution < 1.29 is 14.0 Å². The van der Waals surface area contributed by atoms with E-state index in [0.717, 1.165) is 11.8 Å². The Hall–Kier alpha value is -2.12. The molecule has 0 aliphatic rings. The number of pyridine rings is 1. The van der Waals surface area contributed by atoms with Gasteiger partial charge in [-0.05, 0) is 24.3 Å². The van der Waals surface area contributed by atoms with Crippen molar-refractivity contribution in [1.82, 2.24) is 4.98 Å². The zero-order valence-corrected chi connectivity index (χ0v) is 13.5. The van der Waals surface area contributed by atoms with Crippen LogP contribution in [0.5, 0.6) is 0 Å². The van der Waals surface area contributed by atoms with Crippen LogP contribution in [-0.4, -0.2) is 28.3 Å². The van der Waals surface area contributed by atoms with Crippen molar-refractivity contribution in [3.05, 3.63) is 53.4 Å². The zero-order valence-electron chi connectivity index (χ0n) is 11.9. The lowest BCUT2D eigenvalue weighted by molar-refractivity contribution is -0.114. The number of benzene rings is 1. The highest BCUT2D eigenvalue weighted by atomic mass is 35.5. The SMILES string of the molecule is O=C(CSCC(=O)Nc1ccccc1F)Nc1ccc(Cl)cn1. The van der Waals surface area contributed by atoms with Gasteiger partial charge in [0.15, 0.2) is 0 Å². The number of carbonyl (C=O) groups is 2. The third-order valence-electron chi connectivity index (χ3n) is 2.61. The van der Waals surface area contributed by atoms with Crippen molar-refractivity contribution in [3.8, 4) is 0 Å². The molecule has 2 N–H and O–H groups in total. The average Bonchev–Trinajstić information content (AvgIpc) is 2.52. The van der Waals surface area contributed by atoms with Gasteiger partial charge in [-0.15, -0.1) is 11.8 Å². The van der Waals surface area contributed by atoms with Gasteiger partial charge in [0, 0.05) is 6.20 Å². The van der Waals surface area contributed by atoms with Crippen LogP contribution in [0.2, 0.25) is 5.02 Å². The van der Waals surface area contributed by atoms with Gasteiger partial charge in [-0.3, -0.25) is 9.59 Å². The van der Waals surface area contributed by atoms with Crippen LogP contribution in [0.15, 0.2) is 42.6 Å².